The summed E-state index contributed by atoms with van der Waals surface area (Å²) in [5.74, 6) is 0. The minimum absolute atomic E-state index is 0.736. The van der Waals surface area contributed by atoms with Crippen molar-refractivity contribution in [2.45, 2.75) is 45.6 Å². The molecule has 0 bridgehead atoms. The molecule has 0 amide bonds. The maximum Gasteiger partial charge on any atom is 0.0524 e. The minimum Gasteiger partial charge on any atom is -0.266 e. The van der Waals surface area contributed by atoms with E-state index in [0.717, 1.165) is 6.04 Å². The Labute approximate surface area is 73.6 Å². The summed E-state index contributed by atoms with van der Waals surface area (Å²) in [6.45, 7) is 4.39. The van der Waals surface area contributed by atoms with Crippen LogP contribution in [-0.2, 0) is 6.42 Å². The molecule has 1 fully saturated rings. The molecule has 12 heavy (non-hydrogen) atoms. The summed E-state index contributed by atoms with van der Waals surface area (Å²) >= 11 is 0. The maximum absolute atomic E-state index is 4.41. The van der Waals surface area contributed by atoms with Crippen molar-refractivity contribution in [2.24, 2.45) is 0 Å². The standard InChI is InChI=1S/C10H16N2/c1-3-4-10-8(2)7-11-12(10)9-5-6-9/h7,9H,3-6H2,1-2H3. The van der Waals surface area contributed by atoms with Crippen molar-refractivity contribution in [2.75, 3.05) is 0 Å². The molecule has 2 heteroatoms. The first-order valence-corrected chi connectivity index (χ1v) is 4.86. The first-order valence-electron chi connectivity index (χ1n) is 4.86. The number of rotatable bonds is 3. The zero-order valence-corrected chi connectivity index (χ0v) is 7.88. The highest BCUT2D eigenvalue weighted by Crippen LogP contribution is 2.35. The van der Waals surface area contributed by atoms with Gasteiger partial charge in [-0.1, -0.05) is 13.3 Å². The third kappa shape index (κ3) is 1.26. The van der Waals surface area contributed by atoms with E-state index < -0.39 is 0 Å². The number of hydrogen-bond donors (Lipinski definition) is 0. The van der Waals surface area contributed by atoms with Gasteiger partial charge in [0.25, 0.3) is 0 Å². The molecule has 0 atom stereocenters. The Hall–Kier alpha value is -0.790. The van der Waals surface area contributed by atoms with Gasteiger partial charge in [-0.05, 0) is 31.7 Å². The summed E-state index contributed by atoms with van der Waals surface area (Å²) in [6.07, 6.45) is 7.07. The first-order chi connectivity index (χ1) is 5.83. The largest absolute Gasteiger partial charge is 0.266 e. The number of nitrogens with zero attached hydrogens (tertiary/aromatic N) is 2. The van der Waals surface area contributed by atoms with Crippen molar-refractivity contribution < 1.29 is 0 Å². The highest BCUT2D eigenvalue weighted by atomic mass is 15.3. The van der Waals surface area contributed by atoms with Gasteiger partial charge in [0.1, 0.15) is 0 Å². The number of aromatic nitrogens is 2. The van der Waals surface area contributed by atoms with E-state index in [1.165, 1.54) is 36.9 Å². The van der Waals surface area contributed by atoms with Crippen LogP contribution in [0.25, 0.3) is 0 Å². The number of aryl methyl sites for hydroxylation is 1. The summed E-state index contributed by atoms with van der Waals surface area (Å²) in [5, 5.41) is 4.41. The van der Waals surface area contributed by atoms with Crippen LogP contribution in [0.2, 0.25) is 0 Å². The fourth-order valence-corrected chi connectivity index (χ4v) is 1.66. The molecule has 0 N–H and O–H groups in total. The van der Waals surface area contributed by atoms with Crippen molar-refractivity contribution in [3.63, 3.8) is 0 Å². The van der Waals surface area contributed by atoms with Gasteiger partial charge in [-0.15, -0.1) is 0 Å². The molecule has 0 spiro atoms. The van der Waals surface area contributed by atoms with Crippen LogP contribution in [0.4, 0.5) is 0 Å². The first kappa shape index (κ1) is 7.84. The molecular weight excluding hydrogens is 148 g/mol. The molecule has 0 unspecified atom stereocenters. The van der Waals surface area contributed by atoms with Gasteiger partial charge in [0.2, 0.25) is 0 Å². The van der Waals surface area contributed by atoms with Gasteiger partial charge in [0.15, 0.2) is 0 Å². The van der Waals surface area contributed by atoms with Gasteiger partial charge in [-0.2, -0.15) is 5.10 Å². The van der Waals surface area contributed by atoms with Crippen LogP contribution in [0, 0.1) is 6.92 Å². The highest BCUT2D eigenvalue weighted by Gasteiger charge is 2.26. The van der Waals surface area contributed by atoms with Gasteiger partial charge in [0, 0.05) is 5.69 Å². The SMILES string of the molecule is CCCc1c(C)cnn1C1CC1. The molecule has 0 aromatic carbocycles. The van der Waals surface area contributed by atoms with E-state index in [1.807, 2.05) is 6.20 Å². The lowest BCUT2D eigenvalue weighted by Gasteiger charge is -2.04. The number of hydrogen-bond acceptors (Lipinski definition) is 1. The zero-order chi connectivity index (χ0) is 8.55. The van der Waals surface area contributed by atoms with Crippen LogP contribution in [-0.4, -0.2) is 9.78 Å². The van der Waals surface area contributed by atoms with E-state index in [4.69, 9.17) is 0 Å². The van der Waals surface area contributed by atoms with Gasteiger partial charge >= 0.3 is 0 Å². The second-order valence-corrected chi connectivity index (χ2v) is 3.70. The van der Waals surface area contributed by atoms with Crippen molar-refractivity contribution in [3.05, 3.63) is 17.5 Å². The summed E-state index contributed by atoms with van der Waals surface area (Å²) in [5.41, 5.74) is 2.82. The second kappa shape index (κ2) is 2.92. The summed E-state index contributed by atoms with van der Waals surface area (Å²) in [6, 6.07) is 0.736. The molecule has 1 aliphatic rings. The molecule has 0 saturated heterocycles. The molecule has 1 heterocycles. The summed E-state index contributed by atoms with van der Waals surface area (Å²) < 4.78 is 2.23. The molecule has 1 saturated carbocycles. The van der Waals surface area contributed by atoms with E-state index in [2.05, 4.69) is 23.6 Å². The molecule has 1 aromatic rings. The third-order valence-electron chi connectivity index (χ3n) is 2.49. The van der Waals surface area contributed by atoms with Crippen molar-refractivity contribution in [3.8, 4) is 0 Å². The lowest BCUT2D eigenvalue weighted by atomic mass is 10.2. The normalized spacial score (nSPS) is 16.8. The Morgan fingerprint density at radius 1 is 1.58 bits per heavy atom. The van der Waals surface area contributed by atoms with E-state index in [1.54, 1.807) is 0 Å². The molecule has 1 aliphatic carbocycles. The Balaban J connectivity index is 2.26. The second-order valence-electron chi connectivity index (χ2n) is 3.70. The zero-order valence-electron chi connectivity index (χ0n) is 7.88. The van der Waals surface area contributed by atoms with Gasteiger partial charge < -0.3 is 0 Å². The highest BCUT2D eigenvalue weighted by molar-refractivity contribution is 5.17. The Morgan fingerprint density at radius 2 is 2.33 bits per heavy atom. The predicted molar refractivity (Wildman–Crippen MR) is 49.2 cm³/mol. The van der Waals surface area contributed by atoms with Gasteiger partial charge in [-0.3, -0.25) is 4.68 Å². The van der Waals surface area contributed by atoms with Crippen LogP contribution < -0.4 is 0 Å². The van der Waals surface area contributed by atoms with Crippen molar-refractivity contribution in [1.82, 2.24) is 9.78 Å². The molecule has 2 nitrogen and oxygen atoms in total. The maximum atomic E-state index is 4.41. The van der Waals surface area contributed by atoms with Crippen LogP contribution in [0.3, 0.4) is 0 Å². The van der Waals surface area contributed by atoms with E-state index in [-0.39, 0.29) is 0 Å². The fourth-order valence-electron chi connectivity index (χ4n) is 1.66. The van der Waals surface area contributed by atoms with E-state index in [0.29, 0.717) is 0 Å². The lowest BCUT2D eigenvalue weighted by Crippen LogP contribution is -2.02. The van der Waals surface area contributed by atoms with Crippen LogP contribution in [0.1, 0.15) is 43.5 Å². The van der Waals surface area contributed by atoms with Crippen molar-refractivity contribution in [1.29, 1.82) is 0 Å². The lowest BCUT2D eigenvalue weighted by molar-refractivity contribution is 0.599. The smallest absolute Gasteiger partial charge is 0.0524 e. The fraction of sp³-hybridized carbons (Fsp3) is 0.700. The predicted octanol–water partition coefficient (Wildman–Crippen LogP) is 2.48. The average Bonchev–Trinajstić information content (AvgIpc) is 2.82. The summed E-state index contributed by atoms with van der Waals surface area (Å²) in [7, 11) is 0. The van der Waals surface area contributed by atoms with Crippen LogP contribution in [0.5, 0.6) is 0 Å². The Bertz CT molecular complexity index is 271. The van der Waals surface area contributed by atoms with Crippen LogP contribution >= 0.6 is 0 Å². The molecule has 0 radical (unpaired) electrons. The van der Waals surface area contributed by atoms with Gasteiger partial charge in [-0.25, -0.2) is 0 Å². The minimum atomic E-state index is 0.736. The van der Waals surface area contributed by atoms with Crippen LogP contribution in [0.15, 0.2) is 6.20 Å². The molecule has 0 aliphatic heterocycles. The van der Waals surface area contributed by atoms with Crippen molar-refractivity contribution >= 4 is 0 Å². The molecule has 66 valence electrons. The molecule has 2 rings (SSSR count). The molecular formula is C10H16N2. The van der Waals surface area contributed by atoms with E-state index in [9.17, 15) is 0 Å². The van der Waals surface area contributed by atoms with E-state index >= 15 is 0 Å². The topological polar surface area (TPSA) is 17.8 Å². The quantitative estimate of drug-likeness (QED) is 0.671. The Kier molecular flexibility index (Phi) is 1.91. The Morgan fingerprint density at radius 3 is 2.92 bits per heavy atom. The van der Waals surface area contributed by atoms with Gasteiger partial charge in [0.05, 0.1) is 12.2 Å². The summed E-state index contributed by atoms with van der Waals surface area (Å²) in [4.78, 5) is 0. The average molecular weight is 164 g/mol. The third-order valence-corrected chi connectivity index (χ3v) is 2.49. The monoisotopic (exact) mass is 164 g/mol. The molecule has 1 aromatic heterocycles.